The fourth-order valence-electron chi connectivity index (χ4n) is 2.55. The van der Waals surface area contributed by atoms with Crippen molar-refractivity contribution in [3.8, 4) is 0 Å². The molecular formula is C20H26N2O3S2. The molecule has 2 rings (SSSR count). The van der Waals surface area contributed by atoms with Gasteiger partial charge in [0.15, 0.2) is 0 Å². The molecule has 0 aliphatic rings. The number of amides is 1. The maximum atomic E-state index is 12.6. The third-order valence-electron chi connectivity index (χ3n) is 4.11. The van der Waals surface area contributed by atoms with E-state index in [-0.39, 0.29) is 10.8 Å². The van der Waals surface area contributed by atoms with Crippen LogP contribution in [0.5, 0.6) is 0 Å². The van der Waals surface area contributed by atoms with Crippen LogP contribution in [0.4, 0.5) is 0 Å². The Morgan fingerprint density at radius 3 is 2.37 bits per heavy atom. The van der Waals surface area contributed by atoms with Gasteiger partial charge >= 0.3 is 0 Å². The molecule has 0 saturated carbocycles. The predicted molar refractivity (Wildman–Crippen MR) is 111 cm³/mol. The minimum Gasteiger partial charge on any atom is -0.354 e. The molecule has 0 aliphatic heterocycles. The number of hydrogen-bond acceptors (Lipinski definition) is 4. The van der Waals surface area contributed by atoms with E-state index in [0.717, 1.165) is 11.1 Å². The lowest BCUT2D eigenvalue weighted by Gasteiger charge is -2.18. The van der Waals surface area contributed by atoms with Gasteiger partial charge in [-0.15, -0.1) is 0 Å². The van der Waals surface area contributed by atoms with Crippen LogP contribution in [0.15, 0.2) is 59.5 Å². The highest BCUT2D eigenvalue weighted by atomic mass is 32.2. The highest BCUT2D eigenvalue weighted by molar-refractivity contribution is 7.98. The van der Waals surface area contributed by atoms with Crippen LogP contribution >= 0.6 is 11.8 Å². The van der Waals surface area contributed by atoms with Crippen molar-refractivity contribution in [1.29, 1.82) is 0 Å². The number of thioether (sulfide) groups is 1. The van der Waals surface area contributed by atoms with Gasteiger partial charge in [0, 0.05) is 6.54 Å². The van der Waals surface area contributed by atoms with Gasteiger partial charge in [0.25, 0.3) is 0 Å². The highest BCUT2D eigenvalue weighted by Gasteiger charge is 2.25. The lowest BCUT2D eigenvalue weighted by molar-refractivity contribution is -0.122. The number of aryl methyl sites for hydroxylation is 1. The second kappa shape index (κ2) is 10.5. The van der Waals surface area contributed by atoms with Crippen molar-refractivity contribution in [1.82, 2.24) is 10.0 Å². The molecule has 5 nitrogen and oxygen atoms in total. The van der Waals surface area contributed by atoms with Crippen molar-refractivity contribution in [2.75, 3.05) is 18.6 Å². The van der Waals surface area contributed by atoms with Gasteiger partial charge in [-0.3, -0.25) is 4.79 Å². The van der Waals surface area contributed by atoms with E-state index in [4.69, 9.17) is 0 Å². The number of sulfonamides is 1. The standard InChI is InChI=1S/C20H26N2O3S2/c1-16-8-10-18(11-9-16)27(24,25)22-19(13-15-26-2)20(23)21-14-12-17-6-4-3-5-7-17/h3-11,19,22H,12-15H2,1-2H3,(H,21,23). The van der Waals surface area contributed by atoms with E-state index in [2.05, 4.69) is 10.0 Å². The molecule has 0 fully saturated rings. The average molecular weight is 407 g/mol. The van der Waals surface area contributed by atoms with Crippen LogP contribution in [0.3, 0.4) is 0 Å². The van der Waals surface area contributed by atoms with Gasteiger partial charge in [0.1, 0.15) is 6.04 Å². The zero-order valence-electron chi connectivity index (χ0n) is 15.6. The first-order chi connectivity index (χ1) is 12.9. The van der Waals surface area contributed by atoms with Crippen LogP contribution in [0.1, 0.15) is 17.5 Å². The Bertz CT molecular complexity index is 822. The van der Waals surface area contributed by atoms with Crippen LogP contribution < -0.4 is 10.0 Å². The SMILES string of the molecule is CSCCC(NS(=O)(=O)c1ccc(C)cc1)C(=O)NCCc1ccccc1. The van der Waals surface area contributed by atoms with Crippen molar-refractivity contribution in [3.63, 3.8) is 0 Å². The summed E-state index contributed by atoms with van der Waals surface area (Å²) >= 11 is 1.58. The molecule has 0 radical (unpaired) electrons. The lowest BCUT2D eigenvalue weighted by atomic mass is 10.1. The largest absolute Gasteiger partial charge is 0.354 e. The summed E-state index contributed by atoms with van der Waals surface area (Å²) in [5.41, 5.74) is 2.10. The Morgan fingerprint density at radius 2 is 1.74 bits per heavy atom. The number of benzene rings is 2. The lowest BCUT2D eigenvalue weighted by Crippen LogP contribution is -2.47. The first-order valence-electron chi connectivity index (χ1n) is 8.82. The highest BCUT2D eigenvalue weighted by Crippen LogP contribution is 2.12. The van der Waals surface area contributed by atoms with E-state index < -0.39 is 16.1 Å². The molecule has 0 heterocycles. The van der Waals surface area contributed by atoms with E-state index in [1.54, 1.807) is 36.0 Å². The molecule has 0 spiro atoms. The Kier molecular flexibility index (Phi) is 8.34. The predicted octanol–water partition coefficient (Wildman–Crippen LogP) is 2.75. The van der Waals surface area contributed by atoms with Crippen LogP contribution in [0.2, 0.25) is 0 Å². The summed E-state index contributed by atoms with van der Waals surface area (Å²) in [5, 5.41) is 2.85. The maximum absolute atomic E-state index is 12.6. The Morgan fingerprint density at radius 1 is 1.07 bits per heavy atom. The van der Waals surface area contributed by atoms with Gasteiger partial charge in [0.2, 0.25) is 15.9 Å². The number of carbonyl (C=O) groups is 1. The monoisotopic (exact) mass is 406 g/mol. The third kappa shape index (κ3) is 7.01. The van der Waals surface area contributed by atoms with Crippen LogP contribution in [0.25, 0.3) is 0 Å². The molecule has 146 valence electrons. The van der Waals surface area contributed by atoms with E-state index in [9.17, 15) is 13.2 Å². The first-order valence-corrected chi connectivity index (χ1v) is 11.7. The second-order valence-corrected chi connectivity index (χ2v) is 8.99. The summed E-state index contributed by atoms with van der Waals surface area (Å²) in [7, 11) is -3.75. The van der Waals surface area contributed by atoms with Gasteiger partial charge in [-0.05, 0) is 49.5 Å². The summed E-state index contributed by atoms with van der Waals surface area (Å²) in [4.78, 5) is 12.7. The first kappa shape index (κ1) is 21.5. The van der Waals surface area contributed by atoms with Gasteiger partial charge in [-0.2, -0.15) is 16.5 Å². The van der Waals surface area contributed by atoms with Gasteiger partial charge in [-0.25, -0.2) is 8.42 Å². The van der Waals surface area contributed by atoms with Crippen molar-refractivity contribution in [3.05, 3.63) is 65.7 Å². The fraction of sp³-hybridized carbons (Fsp3) is 0.350. The molecule has 0 saturated heterocycles. The van der Waals surface area contributed by atoms with Crippen molar-refractivity contribution < 1.29 is 13.2 Å². The van der Waals surface area contributed by atoms with Crippen molar-refractivity contribution in [2.24, 2.45) is 0 Å². The number of rotatable bonds is 10. The molecule has 0 aliphatic carbocycles. The number of nitrogens with one attached hydrogen (secondary N) is 2. The summed E-state index contributed by atoms with van der Waals surface area (Å²) in [6.45, 7) is 2.36. The molecule has 0 bridgehead atoms. The summed E-state index contributed by atoms with van der Waals surface area (Å²) in [6, 6.07) is 15.6. The molecule has 2 aromatic carbocycles. The normalized spacial score (nSPS) is 12.5. The second-order valence-electron chi connectivity index (χ2n) is 6.30. The summed E-state index contributed by atoms with van der Waals surface area (Å²) in [6.07, 6.45) is 3.06. The molecule has 1 atom stereocenters. The summed E-state index contributed by atoms with van der Waals surface area (Å²) in [5.74, 6) is 0.392. The third-order valence-corrected chi connectivity index (χ3v) is 6.24. The van der Waals surface area contributed by atoms with E-state index in [0.29, 0.717) is 25.1 Å². The molecule has 0 aromatic heterocycles. The maximum Gasteiger partial charge on any atom is 0.241 e. The van der Waals surface area contributed by atoms with Gasteiger partial charge in [0.05, 0.1) is 4.90 Å². The minimum atomic E-state index is -3.75. The van der Waals surface area contributed by atoms with E-state index in [1.807, 2.05) is 43.5 Å². The fourth-order valence-corrected chi connectivity index (χ4v) is 4.25. The molecule has 27 heavy (non-hydrogen) atoms. The number of hydrogen-bond donors (Lipinski definition) is 2. The van der Waals surface area contributed by atoms with Crippen LogP contribution in [-0.4, -0.2) is 38.9 Å². The smallest absolute Gasteiger partial charge is 0.241 e. The zero-order chi connectivity index (χ0) is 19.7. The minimum absolute atomic E-state index is 0.166. The molecular weight excluding hydrogens is 380 g/mol. The van der Waals surface area contributed by atoms with Crippen LogP contribution in [-0.2, 0) is 21.2 Å². The Hall–Kier alpha value is -1.83. The summed E-state index contributed by atoms with van der Waals surface area (Å²) < 4.78 is 27.8. The van der Waals surface area contributed by atoms with E-state index >= 15 is 0 Å². The van der Waals surface area contributed by atoms with Crippen molar-refractivity contribution in [2.45, 2.75) is 30.7 Å². The van der Waals surface area contributed by atoms with Gasteiger partial charge in [-0.1, -0.05) is 48.0 Å². The van der Waals surface area contributed by atoms with Crippen LogP contribution in [0, 0.1) is 6.92 Å². The molecule has 1 unspecified atom stereocenters. The van der Waals surface area contributed by atoms with E-state index in [1.165, 1.54) is 0 Å². The molecule has 2 N–H and O–H groups in total. The Labute approximate surface area is 166 Å². The van der Waals surface area contributed by atoms with Crippen molar-refractivity contribution >= 4 is 27.7 Å². The zero-order valence-corrected chi connectivity index (χ0v) is 17.3. The topological polar surface area (TPSA) is 75.3 Å². The molecule has 1 amide bonds. The van der Waals surface area contributed by atoms with Gasteiger partial charge < -0.3 is 5.32 Å². The molecule has 7 heteroatoms. The Balaban J connectivity index is 2.00. The quantitative estimate of drug-likeness (QED) is 0.636. The number of carbonyl (C=O) groups excluding carboxylic acids is 1. The molecule has 2 aromatic rings. The average Bonchev–Trinajstić information content (AvgIpc) is 2.66.